The van der Waals surface area contributed by atoms with Crippen LogP contribution in [0.25, 0.3) is 16.3 Å². The number of nitrogens with zero attached hydrogens (tertiary/aromatic N) is 3. The van der Waals surface area contributed by atoms with E-state index in [2.05, 4.69) is 10.4 Å². The maximum absolute atomic E-state index is 13.0. The molecule has 0 aliphatic carbocycles. The molecule has 32 heavy (non-hydrogen) atoms. The molecule has 0 spiro atoms. The number of rotatable bonds is 6. The summed E-state index contributed by atoms with van der Waals surface area (Å²) in [7, 11) is 0. The summed E-state index contributed by atoms with van der Waals surface area (Å²) >= 11 is 1.45. The van der Waals surface area contributed by atoms with Crippen LogP contribution in [0.15, 0.2) is 78.3 Å². The third-order valence-corrected chi connectivity index (χ3v) is 5.54. The van der Waals surface area contributed by atoms with Gasteiger partial charge in [-0.2, -0.15) is 10.4 Å². The highest BCUT2D eigenvalue weighted by molar-refractivity contribution is 7.13. The van der Waals surface area contributed by atoms with Gasteiger partial charge in [0.1, 0.15) is 17.3 Å². The van der Waals surface area contributed by atoms with E-state index in [-0.39, 0.29) is 5.56 Å². The number of amides is 1. The number of anilines is 1. The van der Waals surface area contributed by atoms with Crippen LogP contribution < -0.4 is 5.32 Å². The zero-order valence-electron chi connectivity index (χ0n) is 17.1. The van der Waals surface area contributed by atoms with Gasteiger partial charge in [0.15, 0.2) is 6.10 Å². The van der Waals surface area contributed by atoms with Crippen LogP contribution in [0.5, 0.6) is 0 Å². The molecule has 0 saturated heterocycles. The molecule has 1 N–H and O–H groups in total. The van der Waals surface area contributed by atoms with Gasteiger partial charge < -0.3 is 10.1 Å². The van der Waals surface area contributed by atoms with E-state index in [0.29, 0.717) is 16.9 Å². The molecule has 8 heteroatoms. The molecule has 7 nitrogen and oxygen atoms in total. The molecule has 1 amide bonds. The molecule has 4 aromatic rings. The largest absolute Gasteiger partial charge is 0.449 e. The fraction of sp³-hybridized carbons (Fsp3) is 0.0833. The quantitative estimate of drug-likeness (QED) is 0.438. The third-order valence-electron chi connectivity index (χ3n) is 4.67. The van der Waals surface area contributed by atoms with Crippen LogP contribution in [0.3, 0.4) is 0 Å². The topological polar surface area (TPSA) is 97.0 Å². The summed E-state index contributed by atoms with van der Waals surface area (Å²) in [6.45, 7) is 1.48. The number of aromatic nitrogens is 2. The molecule has 158 valence electrons. The molecular weight excluding hydrogens is 424 g/mol. The van der Waals surface area contributed by atoms with Crippen molar-refractivity contribution >= 4 is 28.9 Å². The summed E-state index contributed by atoms with van der Waals surface area (Å²) in [5, 5.41) is 18.3. The first-order valence-electron chi connectivity index (χ1n) is 9.76. The van der Waals surface area contributed by atoms with E-state index in [1.807, 2.05) is 53.9 Å². The predicted octanol–water partition coefficient (Wildman–Crippen LogP) is 4.66. The molecule has 2 aromatic carbocycles. The number of hydrogen-bond acceptors (Lipinski definition) is 6. The van der Waals surface area contributed by atoms with Gasteiger partial charge in [0.2, 0.25) is 0 Å². The van der Waals surface area contributed by atoms with Gasteiger partial charge in [-0.3, -0.25) is 4.79 Å². The first-order valence-corrected chi connectivity index (χ1v) is 10.6. The Morgan fingerprint density at radius 3 is 2.56 bits per heavy atom. The number of hydrogen-bond donors (Lipinski definition) is 1. The van der Waals surface area contributed by atoms with Gasteiger partial charge in [-0.15, -0.1) is 11.3 Å². The second-order valence-electron chi connectivity index (χ2n) is 6.84. The van der Waals surface area contributed by atoms with Crippen LogP contribution in [0.1, 0.15) is 22.8 Å². The summed E-state index contributed by atoms with van der Waals surface area (Å²) in [5.41, 5.74) is 2.22. The monoisotopic (exact) mass is 442 g/mol. The maximum atomic E-state index is 13.0. The zero-order chi connectivity index (χ0) is 22.5. The van der Waals surface area contributed by atoms with Gasteiger partial charge in [-0.05, 0) is 42.6 Å². The van der Waals surface area contributed by atoms with Gasteiger partial charge in [-0.1, -0.05) is 36.4 Å². The first kappa shape index (κ1) is 21.0. The number of ether oxygens (including phenoxy) is 1. The van der Waals surface area contributed by atoms with Crippen LogP contribution in [0, 0.1) is 11.3 Å². The Morgan fingerprint density at radius 2 is 1.84 bits per heavy atom. The fourth-order valence-electron chi connectivity index (χ4n) is 3.03. The van der Waals surface area contributed by atoms with E-state index in [9.17, 15) is 14.9 Å². The van der Waals surface area contributed by atoms with E-state index >= 15 is 0 Å². The minimum Gasteiger partial charge on any atom is -0.449 e. The molecule has 0 saturated carbocycles. The van der Waals surface area contributed by atoms with Crippen LogP contribution in [0.4, 0.5) is 5.69 Å². The van der Waals surface area contributed by atoms with Crippen molar-refractivity contribution in [1.82, 2.24) is 9.78 Å². The molecule has 0 bridgehead atoms. The van der Waals surface area contributed by atoms with E-state index in [0.717, 1.165) is 10.6 Å². The fourth-order valence-corrected chi connectivity index (χ4v) is 3.76. The Labute approximate surface area is 188 Å². The van der Waals surface area contributed by atoms with Crippen molar-refractivity contribution in [3.63, 3.8) is 0 Å². The molecule has 0 fully saturated rings. The maximum Gasteiger partial charge on any atom is 0.342 e. The molecule has 0 aliphatic heterocycles. The molecular formula is C24H18N4O3S. The van der Waals surface area contributed by atoms with Crippen LogP contribution in [-0.4, -0.2) is 27.8 Å². The van der Waals surface area contributed by atoms with Gasteiger partial charge in [0, 0.05) is 6.20 Å². The second-order valence-corrected chi connectivity index (χ2v) is 7.79. The van der Waals surface area contributed by atoms with E-state index in [4.69, 9.17) is 4.74 Å². The minimum atomic E-state index is -1.08. The van der Waals surface area contributed by atoms with Crippen molar-refractivity contribution in [2.75, 3.05) is 5.32 Å². The highest BCUT2D eigenvalue weighted by Crippen LogP contribution is 2.28. The molecule has 0 aliphatic rings. The zero-order valence-corrected chi connectivity index (χ0v) is 17.9. The first-order chi connectivity index (χ1) is 15.6. The molecule has 1 unspecified atom stereocenters. The summed E-state index contributed by atoms with van der Waals surface area (Å²) < 4.78 is 7.06. The van der Waals surface area contributed by atoms with Crippen LogP contribution >= 0.6 is 11.3 Å². The number of para-hydroxylation sites is 2. The van der Waals surface area contributed by atoms with Crippen molar-refractivity contribution in [1.29, 1.82) is 5.26 Å². The lowest BCUT2D eigenvalue weighted by Crippen LogP contribution is -2.30. The molecule has 4 rings (SSSR count). The number of thiophene rings is 1. The van der Waals surface area contributed by atoms with E-state index in [1.165, 1.54) is 18.3 Å². The smallest absolute Gasteiger partial charge is 0.342 e. The van der Waals surface area contributed by atoms with Gasteiger partial charge >= 0.3 is 5.97 Å². The number of nitrogens with one attached hydrogen (secondary N) is 1. The summed E-state index contributed by atoms with van der Waals surface area (Å²) in [4.78, 5) is 26.4. The standard InChI is InChI=1S/C24H18N4O3S/c1-16(23(29)26-20-11-6-5-8-17(20)14-25)31-24(30)19-15-28(18-9-3-2-4-10-18)27-22(19)21-12-7-13-32-21/h2-13,15-16H,1H3,(H,26,29). The SMILES string of the molecule is CC(OC(=O)c1cn(-c2ccccc2)nc1-c1cccs1)C(=O)Nc1ccccc1C#N. The lowest BCUT2D eigenvalue weighted by atomic mass is 10.2. The van der Waals surface area contributed by atoms with Crippen molar-refractivity contribution in [2.45, 2.75) is 13.0 Å². The van der Waals surface area contributed by atoms with E-state index < -0.39 is 18.0 Å². The summed E-state index contributed by atoms with van der Waals surface area (Å²) in [6, 6.07) is 21.8. The Hall–Kier alpha value is -4.22. The average Bonchev–Trinajstić information content (AvgIpc) is 3.50. The Morgan fingerprint density at radius 1 is 1.09 bits per heavy atom. The van der Waals surface area contributed by atoms with Gasteiger partial charge in [0.05, 0.1) is 21.8 Å². The van der Waals surface area contributed by atoms with Crippen molar-refractivity contribution in [3.8, 4) is 22.3 Å². The van der Waals surface area contributed by atoms with Crippen LogP contribution in [-0.2, 0) is 9.53 Å². The molecule has 2 aromatic heterocycles. The normalized spacial score (nSPS) is 11.4. The number of carbonyl (C=O) groups excluding carboxylic acids is 2. The van der Waals surface area contributed by atoms with Crippen molar-refractivity contribution in [2.24, 2.45) is 0 Å². The average molecular weight is 443 g/mol. The summed E-state index contributed by atoms with van der Waals surface area (Å²) in [6.07, 6.45) is 0.521. The lowest BCUT2D eigenvalue weighted by Gasteiger charge is -2.14. The molecule has 0 radical (unpaired) electrons. The number of esters is 1. The highest BCUT2D eigenvalue weighted by atomic mass is 32.1. The molecule has 1 atom stereocenters. The third kappa shape index (κ3) is 4.43. The lowest BCUT2D eigenvalue weighted by molar-refractivity contribution is -0.123. The van der Waals surface area contributed by atoms with Crippen LogP contribution in [0.2, 0.25) is 0 Å². The second kappa shape index (κ2) is 9.29. The van der Waals surface area contributed by atoms with Crippen molar-refractivity contribution in [3.05, 3.63) is 89.4 Å². The van der Waals surface area contributed by atoms with E-state index in [1.54, 1.807) is 35.1 Å². The number of benzene rings is 2. The number of carbonyl (C=O) groups is 2. The Bertz CT molecular complexity index is 1290. The minimum absolute atomic E-state index is 0.258. The molecule has 2 heterocycles. The highest BCUT2D eigenvalue weighted by Gasteiger charge is 2.25. The Kier molecular flexibility index (Phi) is 6.10. The van der Waals surface area contributed by atoms with Gasteiger partial charge in [0.25, 0.3) is 5.91 Å². The Balaban J connectivity index is 1.56. The van der Waals surface area contributed by atoms with Gasteiger partial charge in [-0.25, -0.2) is 9.48 Å². The summed E-state index contributed by atoms with van der Waals surface area (Å²) in [5.74, 6) is -1.19. The van der Waals surface area contributed by atoms with Crippen molar-refractivity contribution < 1.29 is 14.3 Å². The number of nitriles is 1. The predicted molar refractivity (Wildman–Crippen MR) is 122 cm³/mol.